The Kier molecular flexibility index (Phi) is 8.21. The Bertz CT molecular complexity index is 829. The van der Waals surface area contributed by atoms with Crippen molar-refractivity contribution in [1.82, 2.24) is 5.32 Å². The minimum atomic E-state index is -0.784. The maximum atomic E-state index is 12.3. The summed E-state index contributed by atoms with van der Waals surface area (Å²) < 4.78 is 9.65. The monoisotopic (exact) mass is 398 g/mol. The largest absolute Gasteiger partial charge is 0.513 e. The fourth-order valence-corrected chi connectivity index (χ4v) is 2.49. The standard InChI is InChI=1S/C22H26N2O5/c1-4-28-22(27)29-19-11-7-17(8-12-19)21(26)23-14-16-5-9-18(10-6-16)24-20(25)13-15(2)3/h5-12,15H,4,13-14H2,1-3H3,(H,23,26)(H,24,25). The molecule has 0 aliphatic rings. The first-order valence-electron chi connectivity index (χ1n) is 9.49. The molecule has 7 nitrogen and oxygen atoms in total. The molecule has 2 rings (SSSR count). The van der Waals surface area contributed by atoms with Crippen LogP contribution in [0.4, 0.5) is 10.5 Å². The molecule has 2 amide bonds. The third-order valence-electron chi connectivity index (χ3n) is 3.86. The molecule has 0 aromatic heterocycles. The molecule has 0 aliphatic carbocycles. The van der Waals surface area contributed by atoms with Gasteiger partial charge in [-0.1, -0.05) is 26.0 Å². The second-order valence-electron chi connectivity index (χ2n) is 6.84. The van der Waals surface area contributed by atoms with E-state index in [0.29, 0.717) is 30.2 Å². The van der Waals surface area contributed by atoms with Crippen LogP contribution in [0.5, 0.6) is 5.75 Å². The van der Waals surface area contributed by atoms with Crippen molar-refractivity contribution < 1.29 is 23.9 Å². The van der Waals surface area contributed by atoms with Crippen LogP contribution in [0.1, 0.15) is 43.1 Å². The lowest BCUT2D eigenvalue weighted by Gasteiger charge is -2.09. The molecule has 0 saturated heterocycles. The van der Waals surface area contributed by atoms with Gasteiger partial charge < -0.3 is 20.1 Å². The first-order valence-corrected chi connectivity index (χ1v) is 9.49. The van der Waals surface area contributed by atoms with Gasteiger partial charge in [-0.2, -0.15) is 0 Å². The van der Waals surface area contributed by atoms with E-state index in [-0.39, 0.29) is 18.4 Å². The van der Waals surface area contributed by atoms with Crippen LogP contribution < -0.4 is 15.4 Å². The predicted octanol–water partition coefficient (Wildman–Crippen LogP) is 4.14. The minimum absolute atomic E-state index is 0.0172. The molecule has 0 fully saturated rings. The van der Waals surface area contributed by atoms with E-state index in [1.807, 2.05) is 26.0 Å². The molecule has 0 bridgehead atoms. The van der Waals surface area contributed by atoms with E-state index >= 15 is 0 Å². The molecular weight excluding hydrogens is 372 g/mol. The van der Waals surface area contributed by atoms with Crippen LogP contribution in [0.25, 0.3) is 0 Å². The fraction of sp³-hybridized carbons (Fsp3) is 0.318. The van der Waals surface area contributed by atoms with Gasteiger partial charge in [0.1, 0.15) is 5.75 Å². The normalized spacial score (nSPS) is 10.3. The lowest BCUT2D eigenvalue weighted by molar-refractivity contribution is -0.116. The Morgan fingerprint density at radius 1 is 0.966 bits per heavy atom. The number of carbonyl (C=O) groups is 3. The SMILES string of the molecule is CCOC(=O)Oc1ccc(C(=O)NCc2ccc(NC(=O)CC(C)C)cc2)cc1. The quantitative estimate of drug-likeness (QED) is 0.515. The fourth-order valence-electron chi connectivity index (χ4n) is 2.49. The van der Waals surface area contributed by atoms with Crippen LogP contribution in [0.3, 0.4) is 0 Å². The number of amides is 2. The molecule has 0 aliphatic heterocycles. The van der Waals surface area contributed by atoms with Gasteiger partial charge >= 0.3 is 6.16 Å². The average molecular weight is 398 g/mol. The predicted molar refractivity (Wildman–Crippen MR) is 110 cm³/mol. The summed E-state index contributed by atoms with van der Waals surface area (Å²) in [4.78, 5) is 35.3. The summed E-state index contributed by atoms with van der Waals surface area (Å²) in [5.41, 5.74) is 2.07. The highest BCUT2D eigenvalue weighted by Gasteiger charge is 2.09. The van der Waals surface area contributed by atoms with Crippen molar-refractivity contribution in [3.63, 3.8) is 0 Å². The maximum absolute atomic E-state index is 12.3. The summed E-state index contributed by atoms with van der Waals surface area (Å²) in [6, 6.07) is 13.5. The summed E-state index contributed by atoms with van der Waals surface area (Å²) in [6.45, 7) is 6.24. The second kappa shape index (κ2) is 10.8. The van der Waals surface area contributed by atoms with Crippen LogP contribution in [-0.4, -0.2) is 24.6 Å². The number of ether oxygens (including phenoxy) is 2. The van der Waals surface area contributed by atoms with Gasteiger partial charge in [0.2, 0.25) is 5.91 Å². The molecule has 2 aromatic carbocycles. The van der Waals surface area contributed by atoms with E-state index < -0.39 is 6.16 Å². The maximum Gasteiger partial charge on any atom is 0.513 e. The zero-order chi connectivity index (χ0) is 21.2. The first kappa shape index (κ1) is 21.9. The minimum Gasteiger partial charge on any atom is -0.434 e. The van der Waals surface area contributed by atoms with E-state index in [1.54, 1.807) is 31.2 Å². The molecule has 29 heavy (non-hydrogen) atoms. The van der Waals surface area contributed by atoms with Gasteiger partial charge in [-0.15, -0.1) is 0 Å². The van der Waals surface area contributed by atoms with Crippen molar-refractivity contribution in [2.45, 2.75) is 33.7 Å². The molecular formula is C22H26N2O5. The molecule has 0 unspecified atom stereocenters. The molecule has 0 heterocycles. The molecule has 0 radical (unpaired) electrons. The van der Waals surface area contributed by atoms with E-state index in [2.05, 4.69) is 10.6 Å². The Morgan fingerprint density at radius 3 is 2.21 bits per heavy atom. The van der Waals surface area contributed by atoms with Crippen molar-refractivity contribution >= 4 is 23.7 Å². The number of anilines is 1. The van der Waals surface area contributed by atoms with Crippen molar-refractivity contribution in [1.29, 1.82) is 0 Å². The van der Waals surface area contributed by atoms with E-state index in [1.165, 1.54) is 12.1 Å². The highest BCUT2D eigenvalue weighted by Crippen LogP contribution is 2.14. The van der Waals surface area contributed by atoms with Crippen LogP contribution in [-0.2, 0) is 16.1 Å². The highest BCUT2D eigenvalue weighted by atomic mass is 16.7. The Morgan fingerprint density at radius 2 is 1.62 bits per heavy atom. The number of nitrogens with one attached hydrogen (secondary N) is 2. The van der Waals surface area contributed by atoms with Crippen LogP contribution in [0, 0.1) is 5.92 Å². The molecule has 0 saturated carbocycles. The van der Waals surface area contributed by atoms with Gasteiger partial charge in [0, 0.05) is 24.2 Å². The molecule has 154 valence electrons. The second-order valence-corrected chi connectivity index (χ2v) is 6.84. The number of rotatable bonds is 8. The van der Waals surface area contributed by atoms with Crippen molar-refractivity contribution in [2.24, 2.45) is 5.92 Å². The van der Waals surface area contributed by atoms with Gasteiger partial charge in [-0.05, 0) is 54.8 Å². The van der Waals surface area contributed by atoms with Gasteiger partial charge in [0.25, 0.3) is 5.91 Å². The van der Waals surface area contributed by atoms with E-state index in [4.69, 9.17) is 9.47 Å². The van der Waals surface area contributed by atoms with Crippen molar-refractivity contribution in [3.05, 3.63) is 59.7 Å². The number of carbonyl (C=O) groups excluding carboxylic acids is 3. The first-order chi connectivity index (χ1) is 13.9. The van der Waals surface area contributed by atoms with Crippen LogP contribution in [0.2, 0.25) is 0 Å². The summed E-state index contributed by atoms with van der Waals surface area (Å²) in [7, 11) is 0. The molecule has 0 atom stereocenters. The van der Waals surface area contributed by atoms with Gasteiger partial charge in [-0.3, -0.25) is 9.59 Å². The molecule has 2 aromatic rings. The topological polar surface area (TPSA) is 93.7 Å². The van der Waals surface area contributed by atoms with E-state index in [9.17, 15) is 14.4 Å². The zero-order valence-corrected chi connectivity index (χ0v) is 16.9. The van der Waals surface area contributed by atoms with Crippen LogP contribution in [0.15, 0.2) is 48.5 Å². The lowest BCUT2D eigenvalue weighted by Crippen LogP contribution is -2.22. The third-order valence-corrected chi connectivity index (χ3v) is 3.86. The van der Waals surface area contributed by atoms with Crippen LogP contribution >= 0.6 is 0 Å². The van der Waals surface area contributed by atoms with Gasteiger partial charge in [0.05, 0.1) is 6.61 Å². The van der Waals surface area contributed by atoms with Crippen molar-refractivity contribution in [3.8, 4) is 5.75 Å². The van der Waals surface area contributed by atoms with E-state index in [0.717, 1.165) is 11.3 Å². The summed E-state index contributed by atoms with van der Waals surface area (Å²) >= 11 is 0. The zero-order valence-electron chi connectivity index (χ0n) is 16.9. The average Bonchev–Trinajstić information content (AvgIpc) is 2.67. The molecule has 7 heteroatoms. The summed E-state index contributed by atoms with van der Waals surface area (Å²) in [5.74, 6) is 0.337. The lowest BCUT2D eigenvalue weighted by atomic mass is 10.1. The number of benzene rings is 2. The van der Waals surface area contributed by atoms with Crippen molar-refractivity contribution in [2.75, 3.05) is 11.9 Å². The van der Waals surface area contributed by atoms with Gasteiger partial charge in [0.15, 0.2) is 0 Å². The Balaban J connectivity index is 1.84. The smallest absolute Gasteiger partial charge is 0.434 e. The summed E-state index contributed by atoms with van der Waals surface area (Å²) in [5, 5.41) is 5.67. The number of hydrogen-bond acceptors (Lipinski definition) is 5. The molecule has 2 N–H and O–H groups in total. The summed E-state index contributed by atoms with van der Waals surface area (Å²) in [6.07, 6.45) is -0.310. The Hall–Kier alpha value is -3.35. The highest BCUT2D eigenvalue weighted by molar-refractivity contribution is 5.94. The third kappa shape index (κ3) is 7.65. The van der Waals surface area contributed by atoms with Gasteiger partial charge in [-0.25, -0.2) is 4.79 Å². The Labute approximate surface area is 170 Å². The molecule has 0 spiro atoms. The number of hydrogen-bond donors (Lipinski definition) is 2.